The molecule has 0 radical (unpaired) electrons. The predicted molar refractivity (Wildman–Crippen MR) is 104 cm³/mol. The molecule has 0 spiro atoms. The molecule has 5 rings (SSSR count). The number of hydrogen-bond acceptors (Lipinski definition) is 3. The number of hydrogen-bond donors (Lipinski definition) is 0. The number of Topliss-reactive ketones (excluding diaryl/α,β-unsaturated/α-hetero) is 1. The zero-order valence-corrected chi connectivity index (χ0v) is 14.9. The van der Waals surface area contributed by atoms with Gasteiger partial charge in [-0.05, 0) is 35.2 Å². The second-order valence-electron chi connectivity index (χ2n) is 6.94. The quantitative estimate of drug-likeness (QED) is 0.459. The van der Waals surface area contributed by atoms with E-state index < -0.39 is 17.8 Å². The van der Waals surface area contributed by atoms with Crippen LogP contribution in [-0.2, 0) is 11.0 Å². The molecule has 29 heavy (non-hydrogen) atoms. The van der Waals surface area contributed by atoms with Crippen molar-refractivity contribution in [1.29, 1.82) is 0 Å². The summed E-state index contributed by atoms with van der Waals surface area (Å²) in [7, 11) is 0. The molecular formula is C23H13F3N2O. The van der Waals surface area contributed by atoms with Crippen LogP contribution in [0, 0.1) is 0 Å². The molecule has 0 fully saturated rings. The fraction of sp³-hybridized carbons (Fsp3) is 0.0870. The Bertz CT molecular complexity index is 1410. The number of rotatable bonds is 1. The van der Waals surface area contributed by atoms with Crippen LogP contribution in [0.4, 0.5) is 13.2 Å². The van der Waals surface area contributed by atoms with Gasteiger partial charge in [0.25, 0.3) is 0 Å². The third-order valence-electron chi connectivity index (χ3n) is 5.14. The zero-order valence-electron chi connectivity index (χ0n) is 14.9. The van der Waals surface area contributed by atoms with Gasteiger partial charge in [0, 0.05) is 22.2 Å². The van der Waals surface area contributed by atoms with Crippen molar-refractivity contribution in [2.75, 3.05) is 0 Å². The molecule has 0 aliphatic carbocycles. The third-order valence-corrected chi connectivity index (χ3v) is 5.14. The molecule has 0 saturated heterocycles. The number of aromatic nitrogens is 1. The van der Waals surface area contributed by atoms with Gasteiger partial charge in [0.15, 0.2) is 5.78 Å². The number of alkyl halides is 3. The van der Waals surface area contributed by atoms with Crippen molar-refractivity contribution in [1.82, 2.24) is 4.98 Å². The summed E-state index contributed by atoms with van der Waals surface area (Å²) in [6.07, 6.45) is -1.13. The molecule has 142 valence electrons. The Morgan fingerprint density at radius 1 is 0.897 bits per heavy atom. The summed E-state index contributed by atoms with van der Waals surface area (Å²) in [6, 6.07) is 15.1. The van der Waals surface area contributed by atoms with E-state index >= 15 is 0 Å². The number of nitrogens with zero attached hydrogens (tertiary/aromatic N) is 2. The molecule has 1 atom stereocenters. The van der Waals surface area contributed by atoms with E-state index in [1.54, 1.807) is 12.3 Å². The monoisotopic (exact) mass is 390 g/mol. The lowest BCUT2D eigenvalue weighted by Crippen LogP contribution is -2.33. The second kappa shape index (κ2) is 6.24. The summed E-state index contributed by atoms with van der Waals surface area (Å²) in [4.78, 5) is 21.8. The molecule has 0 bridgehead atoms. The zero-order chi connectivity index (χ0) is 20.2. The van der Waals surface area contributed by atoms with Crippen LogP contribution in [0.2, 0.25) is 0 Å². The minimum absolute atomic E-state index is 0.259. The highest BCUT2D eigenvalue weighted by Gasteiger charge is 2.31. The van der Waals surface area contributed by atoms with Crippen LogP contribution in [-0.4, -0.2) is 10.8 Å². The number of carbonyl (C=O) groups is 1. The number of fused-ring (bicyclic) bond motifs is 5. The van der Waals surface area contributed by atoms with Crippen LogP contribution in [0.1, 0.15) is 17.2 Å². The molecular weight excluding hydrogens is 377 g/mol. The summed E-state index contributed by atoms with van der Waals surface area (Å²) in [6.45, 7) is 0. The average molecular weight is 390 g/mol. The number of ketones is 1. The third kappa shape index (κ3) is 2.88. The number of benzene rings is 3. The van der Waals surface area contributed by atoms with Gasteiger partial charge in [-0.15, -0.1) is 0 Å². The van der Waals surface area contributed by atoms with Gasteiger partial charge in [-0.1, -0.05) is 42.5 Å². The van der Waals surface area contributed by atoms with E-state index in [4.69, 9.17) is 0 Å². The van der Waals surface area contributed by atoms with Gasteiger partial charge in [0.2, 0.25) is 0 Å². The molecule has 0 N–H and O–H groups in total. The first-order chi connectivity index (χ1) is 13.9. The van der Waals surface area contributed by atoms with E-state index in [2.05, 4.69) is 9.98 Å². The molecule has 1 unspecified atom stereocenters. The van der Waals surface area contributed by atoms with E-state index in [0.29, 0.717) is 16.1 Å². The van der Waals surface area contributed by atoms with Crippen molar-refractivity contribution in [3.63, 3.8) is 0 Å². The number of halogens is 3. The summed E-state index contributed by atoms with van der Waals surface area (Å²) in [5.74, 6) is -0.259. The minimum atomic E-state index is -4.42. The molecule has 1 aliphatic rings. The van der Waals surface area contributed by atoms with Gasteiger partial charge in [-0.25, -0.2) is 0 Å². The van der Waals surface area contributed by atoms with Crippen molar-refractivity contribution in [3.8, 4) is 0 Å². The van der Waals surface area contributed by atoms with Crippen LogP contribution in [0.25, 0.3) is 27.8 Å². The Balaban J connectivity index is 1.76. The van der Waals surface area contributed by atoms with Crippen molar-refractivity contribution >= 4 is 33.5 Å². The summed E-state index contributed by atoms with van der Waals surface area (Å²) < 4.78 is 38.6. The van der Waals surface area contributed by atoms with Gasteiger partial charge in [0.1, 0.15) is 6.04 Å². The van der Waals surface area contributed by atoms with E-state index in [1.807, 2.05) is 30.3 Å². The van der Waals surface area contributed by atoms with Crippen molar-refractivity contribution < 1.29 is 18.0 Å². The highest BCUT2D eigenvalue weighted by atomic mass is 19.4. The van der Waals surface area contributed by atoms with Crippen molar-refractivity contribution in [3.05, 3.63) is 88.6 Å². The van der Waals surface area contributed by atoms with Crippen LogP contribution in [0.5, 0.6) is 0 Å². The lowest BCUT2D eigenvalue weighted by Gasteiger charge is -2.15. The van der Waals surface area contributed by atoms with Crippen LogP contribution in [0.3, 0.4) is 0 Å². The molecule has 3 aromatic carbocycles. The maximum absolute atomic E-state index is 12.9. The Kier molecular flexibility index (Phi) is 3.77. The Labute approximate surface area is 162 Å². The largest absolute Gasteiger partial charge is 0.416 e. The van der Waals surface area contributed by atoms with Gasteiger partial charge >= 0.3 is 6.18 Å². The lowest BCUT2D eigenvalue weighted by molar-refractivity contribution is -0.137. The Hall–Kier alpha value is -3.54. The molecule has 1 aromatic heterocycles. The normalized spacial score (nSPS) is 16.4. The summed E-state index contributed by atoms with van der Waals surface area (Å²) in [5, 5.41) is 4.07. The van der Waals surface area contributed by atoms with Gasteiger partial charge in [-0.2, -0.15) is 13.2 Å². The lowest BCUT2D eigenvalue weighted by atomic mass is 9.97. The van der Waals surface area contributed by atoms with Crippen molar-refractivity contribution in [2.45, 2.75) is 12.2 Å². The Morgan fingerprint density at radius 3 is 2.41 bits per heavy atom. The standard InChI is InChI=1S/C23H13F3N2O/c24-23(25,26)16-8-5-13(6-9-16)21-19(29)11-14-7-10-18-20(22(14)28-21)17-4-2-1-3-15(17)12-27-18/h1-12,21H. The number of pyridine rings is 1. The van der Waals surface area contributed by atoms with E-state index in [9.17, 15) is 18.0 Å². The predicted octanol–water partition coefficient (Wildman–Crippen LogP) is 4.13. The average Bonchev–Trinajstić information content (AvgIpc) is 2.72. The maximum atomic E-state index is 12.9. The molecule has 4 aromatic rings. The van der Waals surface area contributed by atoms with Gasteiger partial charge in [-0.3, -0.25) is 14.8 Å². The van der Waals surface area contributed by atoms with Crippen molar-refractivity contribution in [2.24, 2.45) is 4.99 Å². The van der Waals surface area contributed by atoms with Crippen LogP contribution >= 0.6 is 0 Å². The van der Waals surface area contributed by atoms with Crippen LogP contribution < -0.4 is 10.6 Å². The molecule has 2 heterocycles. The molecule has 0 amide bonds. The molecule has 1 aliphatic heterocycles. The SMILES string of the molecule is O=C1C=c2ccc3ncc4ccccc4c3c2=NC1c1ccc(C(F)(F)F)cc1. The highest BCUT2D eigenvalue weighted by Crippen LogP contribution is 2.31. The van der Waals surface area contributed by atoms with E-state index in [-0.39, 0.29) is 5.78 Å². The van der Waals surface area contributed by atoms with Gasteiger partial charge < -0.3 is 0 Å². The van der Waals surface area contributed by atoms with Gasteiger partial charge in [0.05, 0.1) is 16.4 Å². The Morgan fingerprint density at radius 2 is 1.66 bits per heavy atom. The first-order valence-electron chi connectivity index (χ1n) is 8.99. The maximum Gasteiger partial charge on any atom is 0.416 e. The highest BCUT2D eigenvalue weighted by molar-refractivity contribution is 6.12. The summed E-state index contributed by atoms with van der Waals surface area (Å²) >= 11 is 0. The fourth-order valence-corrected chi connectivity index (χ4v) is 3.72. The smallest absolute Gasteiger partial charge is 0.292 e. The summed E-state index contributed by atoms with van der Waals surface area (Å²) in [5.41, 5.74) is 0.421. The van der Waals surface area contributed by atoms with E-state index in [0.717, 1.165) is 33.8 Å². The number of carbonyl (C=O) groups excluding carboxylic acids is 1. The topological polar surface area (TPSA) is 42.3 Å². The first-order valence-corrected chi connectivity index (χ1v) is 8.99. The van der Waals surface area contributed by atoms with Crippen LogP contribution in [0.15, 0.2) is 71.9 Å². The minimum Gasteiger partial charge on any atom is -0.292 e. The second-order valence-corrected chi connectivity index (χ2v) is 6.94. The molecule has 0 saturated carbocycles. The fourth-order valence-electron chi connectivity index (χ4n) is 3.72. The molecule has 6 heteroatoms. The first kappa shape index (κ1) is 17.6. The van der Waals surface area contributed by atoms with E-state index in [1.165, 1.54) is 18.2 Å². The molecule has 3 nitrogen and oxygen atoms in total.